The summed E-state index contributed by atoms with van der Waals surface area (Å²) in [7, 11) is 2.78. The highest BCUT2D eigenvalue weighted by atomic mass is 16.5. The van der Waals surface area contributed by atoms with Gasteiger partial charge in [0.1, 0.15) is 17.9 Å². The zero-order valence-electron chi connectivity index (χ0n) is 16.5. The molecule has 2 aromatic rings. The van der Waals surface area contributed by atoms with Gasteiger partial charge in [0.25, 0.3) is 0 Å². The van der Waals surface area contributed by atoms with E-state index in [0.717, 1.165) is 5.56 Å². The van der Waals surface area contributed by atoms with E-state index in [2.05, 4.69) is 10.1 Å². The summed E-state index contributed by atoms with van der Waals surface area (Å²) in [6.07, 6.45) is 0.825. The summed E-state index contributed by atoms with van der Waals surface area (Å²) >= 11 is 0. The van der Waals surface area contributed by atoms with Crippen molar-refractivity contribution in [1.82, 2.24) is 0 Å². The minimum Gasteiger partial charge on any atom is -0.504 e. The third-order valence-corrected chi connectivity index (χ3v) is 4.49. The van der Waals surface area contributed by atoms with Crippen LogP contribution in [0.15, 0.2) is 24.3 Å². The summed E-state index contributed by atoms with van der Waals surface area (Å²) in [5.41, 5.74) is 2.08. The summed E-state index contributed by atoms with van der Waals surface area (Å²) in [6.45, 7) is 2.27. The molecule has 2 aromatic carbocycles. The molecule has 0 fully saturated rings. The van der Waals surface area contributed by atoms with Crippen LogP contribution < -0.4 is 14.8 Å². The summed E-state index contributed by atoms with van der Waals surface area (Å²) in [5, 5.41) is 13.4. The second-order valence-electron chi connectivity index (χ2n) is 6.58. The maximum absolute atomic E-state index is 12.7. The first kappa shape index (κ1) is 20.3. The van der Waals surface area contributed by atoms with Crippen LogP contribution in [0.25, 0.3) is 0 Å². The number of hydrogen-bond donors (Lipinski definition) is 2. The molecule has 0 amide bonds. The molecule has 0 unspecified atom stereocenters. The van der Waals surface area contributed by atoms with Crippen LogP contribution in [-0.4, -0.2) is 37.8 Å². The van der Waals surface area contributed by atoms with Crippen molar-refractivity contribution in [2.24, 2.45) is 0 Å². The quantitative estimate of drug-likeness (QED) is 0.560. The van der Waals surface area contributed by atoms with Gasteiger partial charge in [-0.25, -0.2) is 4.79 Å². The number of carbonyl (C=O) groups is 2. The molecular weight excluding hydrogens is 378 g/mol. The largest absolute Gasteiger partial charge is 0.504 e. The molecule has 0 spiro atoms. The highest BCUT2D eigenvalue weighted by molar-refractivity contribution is 5.98. The number of rotatable bonds is 6. The zero-order chi connectivity index (χ0) is 21.0. The van der Waals surface area contributed by atoms with E-state index in [9.17, 15) is 14.7 Å². The summed E-state index contributed by atoms with van der Waals surface area (Å²) in [5.74, 6) is -0.199. The van der Waals surface area contributed by atoms with Crippen molar-refractivity contribution in [3.8, 4) is 23.0 Å². The van der Waals surface area contributed by atoms with Crippen molar-refractivity contribution in [2.75, 3.05) is 26.1 Å². The first-order valence-corrected chi connectivity index (χ1v) is 9.13. The van der Waals surface area contributed by atoms with Crippen LogP contribution in [0.5, 0.6) is 23.0 Å². The fourth-order valence-electron chi connectivity index (χ4n) is 3.13. The smallest absolute Gasteiger partial charge is 0.346 e. The number of anilines is 1. The van der Waals surface area contributed by atoms with Gasteiger partial charge in [-0.05, 0) is 43.2 Å². The molecule has 0 radical (unpaired) electrons. The van der Waals surface area contributed by atoms with Crippen molar-refractivity contribution in [3.63, 3.8) is 0 Å². The van der Waals surface area contributed by atoms with Gasteiger partial charge in [-0.1, -0.05) is 0 Å². The molecule has 1 aliphatic rings. The molecule has 0 saturated heterocycles. The Morgan fingerprint density at radius 3 is 2.79 bits per heavy atom. The number of ether oxygens (including phenoxy) is 4. The van der Waals surface area contributed by atoms with Crippen molar-refractivity contribution in [1.29, 1.82) is 0 Å². The van der Waals surface area contributed by atoms with Crippen molar-refractivity contribution >= 4 is 17.6 Å². The van der Waals surface area contributed by atoms with Crippen LogP contribution in [0.4, 0.5) is 5.69 Å². The number of fused-ring (bicyclic) bond motifs is 2. The first-order chi connectivity index (χ1) is 13.9. The SMILES string of the molecule is COC(=O)CCCNc1ccc2c(c1OC)C(=O)OCc1cc(C)cc(O)c1O2. The first-order valence-electron chi connectivity index (χ1n) is 9.13. The lowest BCUT2D eigenvalue weighted by molar-refractivity contribution is -0.140. The number of nitrogens with one attached hydrogen (secondary N) is 1. The average molecular weight is 401 g/mol. The topological polar surface area (TPSA) is 103 Å². The number of carbonyl (C=O) groups excluding carboxylic acids is 2. The van der Waals surface area contributed by atoms with Gasteiger partial charge in [0, 0.05) is 18.5 Å². The number of hydrogen-bond acceptors (Lipinski definition) is 8. The third-order valence-electron chi connectivity index (χ3n) is 4.49. The zero-order valence-corrected chi connectivity index (χ0v) is 16.5. The molecule has 3 rings (SSSR count). The molecule has 0 bridgehead atoms. The Morgan fingerprint density at radius 2 is 2.07 bits per heavy atom. The normalized spacial score (nSPS) is 12.4. The highest BCUT2D eigenvalue weighted by Crippen LogP contribution is 2.43. The summed E-state index contributed by atoms with van der Waals surface area (Å²) in [6, 6.07) is 6.68. The summed E-state index contributed by atoms with van der Waals surface area (Å²) in [4.78, 5) is 23.9. The average Bonchev–Trinajstić information content (AvgIpc) is 2.70. The van der Waals surface area contributed by atoms with Crippen LogP contribution >= 0.6 is 0 Å². The van der Waals surface area contributed by atoms with E-state index >= 15 is 0 Å². The van der Waals surface area contributed by atoms with Crippen molar-refractivity contribution in [2.45, 2.75) is 26.4 Å². The predicted octanol–water partition coefficient (Wildman–Crippen LogP) is 3.54. The van der Waals surface area contributed by atoms with Gasteiger partial charge in [0.15, 0.2) is 17.2 Å². The van der Waals surface area contributed by atoms with Gasteiger partial charge in [0.2, 0.25) is 0 Å². The van der Waals surface area contributed by atoms with E-state index in [4.69, 9.17) is 14.2 Å². The predicted molar refractivity (Wildman–Crippen MR) is 105 cm³/mol. The fraction of sp³-hybridized carbons (Fsp3) is 0.333. The Bertz CT molecular complexity index is 939. The molecule has 8 nitrogen and oxygen atoms in total. The Labute approximate surface area is 168 Å². The molecule has 29 heavy (non-hydrogen) atoms. The lowest BCUT2D eigenvalue weighted by Crippen LogP contribution is -2.14. The number of aromatic hydroxyl groups is 1. The van der Waals surface area contributed by atoms with Gasteiger partial charge in [-0.3, -0.25) is 4.79 Å². The molecule has 0 atom stereocenters. The Balaban J connectivity index is 1.91. The Morgan fingerprint density at radius 1 is 1.28 bits per heavy atom. The molecular formula is C21H23NO7. The molecule has 1 aliphatic heterocycles. The number of esters is 2. The number of phenolic OH excluding ortho intramolecular Hbond substituents is 1. The molecule has 0 aromatic heterocycles. The van der Waals surface area contributed by atoms with Gasteiger partial charge < -0.3 is 29.4 Å². The molecule has 154 valence electrons. The second kappa shape index (κ2) is 8.72. The van der Waals surface area contributed by atoms with Crippen LogP contribution in [0, 0.1) is 6.92 Å². The van der Waals surface area contributed by atoms with Gasteiger partial charge in [-0.15, -0.1) is 0 Å². The number of benzene rings is 2. The van der Waals surface area contributed by atoms with E-state index in [1.54, 1.807) is 24.3 Å². The van der Waals surface area contributed by atoms with E-state index in [-0.39, 0.29) is 47.6 Å². The molecule has 0 saturated carbocycles. The van der Waals surface area contributed by atoms with Crippen LogP contribution in [0.2, 0.25) is 0 Å². The van der Waals surface area contributed by atoms with Crippen LogP contribution in [0.1, 0.15) is 34.3 Å². The van der Waals surface area contributed by atoms with Crippen molar-refractivity contribution in [3.05, 3.63) is 41.0 Å². The van der Waals surface area contributed by atoms with Crippen LogP contribution in [-0.2, 0) is 20.9 Å². The molecule has 0 aliphatic carbocycles. The Kier molecular flexibility index (Phi) is 6.11. The van der Waals surface area contributed by atoms with E-state index < -0.39 is 5.97 Å². The monoisotopic (exact) mass is 401 g/mol. The standard InChI is InChI=1S/C21H23NO7/c1-12-9-13-11-28-21(25)18-16(29-19(13)15(23)10-12)7-6-14(20(18)27-3)22-8-4-5-17(24)26-2/h6-7,9-10,22-23H,4-5,8,11H2,1-3H3. The summed E-state index contributed by atoms with van der Waals surface area (Å²) < 4.78 is 21.4. The fourth-order valence-corrected chi connectivity index (χ4v) is 3.13. The molecule has 8 heteroatoms. The number of methoxy groups -OCH3 is 2. The second-order valence-corrected chi connectivity index (χ2v) is 6.58. The number of cyclic esters (lactones) is 1. The third kappa shape index (κ3) is 4.37. The van der Waals surface area contributed by atoms with Gasteiger partial charge in [-0.2, -0.15) is 0 Å². The van der Waals surface area contributed by atoms with Crippen LogP contribution in [0.3, 0.4) is 0 Å². The molecule has 2 N–H and O–H groups in total. The van der Waals surface area contributed by atoms with E-state index in [0.29, 0.717) is 24.2 Å². The Hall–Kier alpha value is -3.42. The minimum atomic E-state index is -0.596. The van der Waals surface area contributed by atoms with Gasteiger partial charge in [0.05, 0.1) is 19.9 Å². The van der Waals surface area contributed by atoms with E-state index in [1.807, 2.05) is 6.92 Å². The lowest BCUT2D eigenvalue weighted by atomic mass is 10.1. The lowest BCUT2D eigenvalue weighted by Gasteiger charge is -2.22. The number of aryl methyl sites for hydroxylation is 1. The highest BCUT2D eigenvalue weighted by Gasteiger charge is 2.28. The maximum Gasteiger partial charge on any atom is 0.346 e. The van der Waals surface area contributed by atoms with Crippen molar-refractivity contribution < 1.29 is 33.6 Å². The van der Waals surface area contributed by atoms with Gasteiger partial charge >= 0.3 is 11.9 Å². The minimum absolute atomic E-state index is 0.0344. The molecule has 1 heterocycles. The maximum atomic E-state index is 12.7. The van der Waals surface area contributed by atoms with E-state index in [1.165, 1.54) is 14.2 Å². The number of phenols is 1.